The van der Waals surface area contributed by atoms with Gasteiger partial charge in [-0.15, -0.1) is 0 Å². The Bertz CT molecular complexity index is 2770. The number of carbonyl (C=O) groups excluding carboxylic acids is 9. The SMILES string of the molecule is C[C@@H](NC(=O)Cc1ccncc1)C(=O)N[C@H](C)C(=O)N[C@@H](CC(N)=O)C(=O)N[C@@H](CCN(C(=O)CO)[C@@H](c1cc(-c2cc(F)ccc2F)cn1Cc1ccccc1)C(C)(C)C)C(=O)NCCNC(=O)CNC(=O)CCC(=O)O. The van der Waals surface area contributed by atoms with E-state index >= 15 is 4.39 Å². The number of pyridine rings is 1. The van der Waals surface area contributed by atoms with Gasteiger partial charge in [-0.25, -0.2) is 8.78 Å². The van der Waals surface area contributed by atoms with Crippen molar-refractivity contribution in [3.8, 4) is 11.1 Å². The van der Waals surface area contributed by atoms with E-state index in [0.29, 0.717) is 11.3 Å². The fourth-order valence-electron chi connectivity index (χ4n) is 8.13. The van der Waals surface area contributed by atoms with Crippen LogP contribution in [0.15, 0.2) is 85.3 Å². The molecule has 0 unspecified atom stereocenters. The summed E-state index contributed by atoms with van der Waals surface area (Å²) in [7, 11) is 0. The third kappa shape index (κ3) is 19.8. The number of aliphatic hydroxyl groups excluding tert-OH is 1. The molecule has 0 fully saturated rings. The minimum Gasteiger partial charge on any atom is -0.481 e. The molecule has 420 valence electrons. The molecule has 2 aromatic carbocycles. The lowest BCUT2D eigenvalue weighted by atomic mass is 9.82. The maximum Gasteiger partial charge on any atom is 0.303 e. The van der Waals surface area contributed by atoms with Gasteiger partial charge in [0, 0.05) is 68.0 Å². The van der Waals surface area contributed by atoms with Crippen molar-refractivity contribution in [1.82, 2.24) is 51.7 Å². The first-order valence-corrected chi connectivity index (χ1v) is 24.9. The number of carboxylic acid groups (broad SMARTS) is 1. The first kappa shape index (κ1) is 61.9. The fraction of sp³-hybridized carbons (Fsp3) is 0.415. The lowest BCUT2D eigenvalue weighted by Crippen LogP contribution is -2.58. The Kier molecular flexibility index (Phi) is 23.5. The molecule has 2 heterocycles. The zero-order valence-corrected chi connectivity index (χ0v) is 43.9. The Morgan fingerprint density at radius 3 is 2.00 bits per heavy atom. The van der Waals surface area contributed by atoms with Crippen LogP contribution in [0.25, 0.3) is 11.1 Å². The molecule has 0 aliphatic rings. The third-order valence-electron chi connectivity index (χ3n) is 12.0. The number of aliphatic carboxylic acids is 1. The van der Waals surface area contributed by atoms with E-state index in [4.69, 9.17) is 10.8 Å². The summed E-state index contributed by atoms with van der Waals surface area (Å²) in [5.41, 5.74) is 6.63. The number of carbonyl (C=O) groups is 10. The number of nitrogens with two attached hydrogens (primary N) is 1. The molecule has 78 heavy (non-hydrogen) atoms. The highest BCUT2D eigenvalue weighted by molar-refractivity contribution is 5.97. The number of hydrogen-bond acceptors (Lipinski definition) is 12. The van der Waals surface area contributed by atoms with E-state index < -0.39 is 139 Å². The third-order valence-corrected chi connectivity index (χ3v) is 12.0. The van der Waals surface area contributed by atoms with Crippen LogP contribution in [0, 0.1) is 17.0 Å². The minimum atomic E-state index is -1.76. The highest BCUT2D eigenvalue weighted by Gasteiger charge is 2.39. The normalized spacial score (nSPS) is 13.0. The average molecular weight is 1090 g/mol. The summed E-state index contributed by atoms with van der Waals surface area (Å²) in [6, 6.07) is 10.1. The van der Waals surface area contributed by atoms with Crippen LogP contribution in [0.2, 0.25) is 0 Å². The summed E-state index contributed by atoms with van der Waals surface area (Å²) in [5.74, 6) is -10.2. The molecule has 0 saturated heterocycles. The van der Waals surface area contributed by atoms with Crippen LogP contribution in [-0.2, 0) is 60.9 Å². The average Bonchev–Trinajstić information content (AvgIpc) is 3.84. The molecule has 0 bridgehead atoms. The van der Waals surface area contributed by atoms with Gasteiger partial charge < -0.3 is 62.6 Å². The van der Waals surface area contributed by atoms with Crippen LogP contribution in [0.5, 0.6) is 0 Å². The summed E-state index contributed by atoms with van der Waals surface area (Å²) in [4.78, 5) is 134. The number of benzene rings is 2. The summed E-state index contributed by atoms with van der Waals surface area (Å²) in [5, 5.41) is 36.4. The maximum absolute atomic E-state index is 15.4. The van der Waals surface area contributed by atoms with Gasteiger partial charge in [-0.3, -0.25) is 52.9 Å². The van der Waals surface area contributed by atoms with Crippen LogP contribution >= 0.6 is 0 Å². The molecule has 23 nitrogen and oxygen atoms in total. The molecule has 4 rings (SSSR count). The van der Waals surface area contributed by atoms with Crippen LogP contribution < -0.4 is 43.0 Å². The van der Waals surface area contributed by atoms with Crippen molar-refractivity contribution in [1.29, 1.82) is 0 Å². The Labute approximate surface area is 448 Å². The lowest BCUT2D eigenvalue weighted by molar-refractivity contribution is -0.140. The number of aliphatic hydroxyl groups is 1. The number of halogens is 2. The van der Waals surface area contributed by atoms with E-state index in [0.717, 1.165) is 23.8 Å². The van der Waals surface area contributed by atoms with Crippen LogP contribution in [0.3, 0.4) is 0 Å². The number of nitrogens with zero attached hydrogens (tertiary/aromatic N) is 3. The Hall–Kier alpha value is -8.61. The van der Waals surface area contributed by atoms with E-state index in [1.807, 2.05) is 30.3 Å². The summed E-state index contributed by atoms with van der Waals surface area (Å²) >= 11 is 0. The molecule has 0 radical (unpaired) electrons. The van der Waals surface area contributed by atoms with Gasteiger partial charge in [-0.2, -0.15) is 0 Å². The molecule has 0 aliphatic heterocycles. The van der Waals surface area contributed by atoms with Crippen LogP contribution in [0.4, 0.5) is 8.78 Å². The predicted molar refractivity (Wildman–Crippen MR) is 278 cm³/mol. The molecular formula is C53H67F2N11O12. The topological polar surface area (TPSA) is 342 Å². The van der Waals surface area contributed by atoms with Gasteiger partial charge in [0.25, 0.3) is 0 Å². The van der Waals surface area contributed by atoms with E-state index in [1.165, 1.54) is 31.1 Å². The van der Waals surface area contributed by atoms with E-state index in [2.05, 4.69) is 42.2 Å². The van der Waals surface area contributed by atoms with Gasteiger partial charge in [0.2, 0.25) is 53.2 Å². The van der Waals surface area contributed by atoms with Gasteiger partial charge >= 0.3 is 5.97 Å². The number of aromatic nitrogens is 2. The predicted octanol–water partition coefficient (Wildman–Crippen LogP) is 0.485. The summed E-state index contributed by atoms with van der Waals surface area (Å²) in [6.07, 6.45) is 2.50. The Morgan fingerprint density at radius 1 is 0.718 bits per heavy atom. The van der Waals surface area contributed by atoms with E-state index in [1.54, 1.807) is 49.7 Å². The second-order valence-electron chi connectivity index (χ2n) is 19.3. The minimum absolute atomic E-state index is 0.0631. The second kappa shape index (κ2) is 29.6. The molecule has 0 saturated carbocycles. The molecule has 9 amide bonds. The maximum atomic E-state index is 15.4. The van der Waals surface area contributed by atoms with Gasteiger partial charge in [-0.1, -0.05) is 51.1 Å². The van der Waals surface area contributed by atoms with Gasteiger partial charge in [0.1, 0.15) is 42.4 Å². The summed E-state index contributed by atoms with van der Waals surface area (Å²) in [6.45, 7) is 5.79. The van der Waals surface area contributed by atoms with Crippen molar-refractivity contribution in [2.24, 2.45) is 11.1 Å². The zero-order chi connectivity index (χ0) is 57.7. The van der Waals surface area contributed by atoms with E-state index in [9.17, 15) is 57.4 Å². The molecule has 25 heteroatoms. The largest absolute Gasteiger partial charge is 0.481 e. The molecule has 0 spiro atoms. The van der Waals surface area contributed by atoms with Gasteiger partial charge in [-0.05, 0) is 73.2 Å². The van der Waals surface area contributed by atoms with Gasteiger partial charge in [0.05, 0.1) is 31.8 Å². The zero-order valence-electron chi connectivity index (χ0n) is 43.9. The number of rotatable bonds is 29. The van der Waals surface area contributed by atoms with Gasteiger partial charge in [0.15, 0.2) is 0 Å². The molecule has 0 aliphatic carbocycles. The molecule has 11 N–H and O–H groups in total. The monoisotopic (exact) mass is 1090 g/mol. The highest BCUT2D eigenvalue weighted by atomic mass is 19.1. The van der Waals surface area contributed by atoms with Crippen molar-refractivity contribution >= 4 is 59.1 Å². The molecular weight excluding hydrogens is 1020 g/mol. The number of nitrogens with one attached hydrogen (secondary N) is 7. The van der Waals surface area contributed by atoms with Crippen molar-refractivity contribution in [2.75, 3.05) is 32.8 Å². The lowest BCUT2D eigenvalue weighted by Gasteiger charge is -2.41. The highest BCUT2D eigenvalue weighted by Crippen LogP contribution is 2.41. The van der Waals surface area contributed by atoms with Crippen molar-refractivity contribution < 1.29 is 66.9 Å². The van der Waals surface area contributed by atoms with Crippen LogP contribution in [-0.4, -0.2) is 141 Å². The number of hydrogen-bond donors (Lipinski definition) is 10. The number of primary amides is 1. The molecule has 4 aromatic rings. The van der Waals surface area contributed by atoms with Crippen molar-refractivity contribution in [2.45, 2.75) is 103 Å². The molecule has 5 atom stereocenters. The summed E-state index contributed by atoms with van der Waals surface area (Å²) < 4.78 is 31.8. The second-order valence-corrected chi connectivity index (χ2v) is 19.3. The van der Waals surface area contributed by atoms with Crippen molar-refractivity contribution in [3.05, 3.63) is 114 Å². The number of carboxylic acids is 1. The van der Waals surface area contributed by atoms with Crippen molar-refractivity contribution in [3.63, 3.8) is 0 Å². The Morgan fingerprint density at radius 2 is 1.36 bits per heavy atom. The quantitative estimate of drug-likeness (QED) is 0.0332. The van der Waals surface area contributed by atoms with Crippen LogP contribution in [0.1, 0.15) is 83.2 Å². The smallest absolute Gasteiger partial charge is 0.303 e. The standard InChI is InChI=1S/C53H67F2N11O12/c1-31(61-44(70)23-33-15-18-57-19-16-33)49(75)62-32(2)50(76)64-40(26-42(56)68)52(78)63-39(51(77)59-21-20-58-45(71)27-60-43(69)13-14-47(73)74)17-22-66(46(72)30-67)48(53(3,4)5)41-24-35(37-25-36(54)11-12-38(37)55)29-65(41)28-34-9-7-6-8-10-34/h6-12,15-16,18-19,24-25,29,31-32,39-40,48,67H,13-14,17,20-23,26-28,30H2,1-5H3,(H2,56,68)(H,58,71)(H,59,77)(H,60,69)(H,61,70)(H,62,75)(H,63,78)(H,64,76)(H,73,74)/t31-,32-,39+,40+,48+/m1/s1. The first-order valence-electron chi connectivity index (χ1n) is 24.9. The Balaban J connectivity index is 1.63. The fourth-order valence-corrected chi connectivity index (χ4v) is 8.13. The van der Waals surface area contributed by atoms with E-state index in [-0.39, 0.29) is 50.1 Å². The first-order chi connectivity index (χ1) is 36.9. The number of amides is 9. The molecule has 2 aromatic heterocycles.